The first-order valence-corrected chi connectivity index (χ1v) is 8.16. The van der Waals surface area contributed by atoms with E-state index in [4.69, 9.17) is 5.26 Å². The van der Waals surface area contributed by atoms with Crippen LogP contribution in [-0.4, -0.2) is 33.4 Å². The summed E-state index contributed by atoms with van der Waals surface area (Å²) < 4.78 is 1.86. The third-order valence-corrected chi connectivity index (χ3v) is 4.04. The smallest absolute Gasteiger partial charge is 0.233 e. The first kappa shape index (κ1) is 17.5. The monoisotopic (exact) mass is 325 g/mol. The molecule has 1 fully saturated rings. The van der Waals surface area contributed by atoms with Crippen LogP contribution in [-0.2, 0) is 4.79 Å². The summed E-state index contributed by atoms with van der Waals surface area (Å²) in [6.45, 7) is 6.96. The number of hydrogen-bond acceptors (Lipinski definition) is 4. The van der Waals surface area contributed by atoms with Gasteiger partial charge in [0.2, 0.25) is 5.91 Å². The van der Waals surface area contributed by atoms with Gasteiger partial charge in [-0.25, -0.2) is 4.98 Å². The van der Waals surface area contributed by atoms with Gasteiger partial charge in [-0.2, -0.15) is 5.26 Å². The van der Waals surface area contributed by atoms with E-state index in [0.29, 0.717) is 25.3 Å². The van der Waals surface area contributed by atoms with Crippen molar-refractivity contribution in [2.75, 3.05) is 18.4 Å². The van der Waals surface area contributed by atoms with Gasteiger partial charge in [-0.3, -0.25) is 4.79 Å². The zero-order valence-electron chi connectivity index (χ0n) is 14.4. The molecule has 0 spiro atoms. The lowest BCUT2D eigenvalue weighted by Gasteiger charge is -2.21. The van der Waals surface area contributed by atoms with Crippen molar-refractivity contribution >= 4 is 11.7 Å². The van der Waals surface area contributed by atoms with E-state index in [9.17, 15) is 4.79 Å². The summed E-state index contributed by atoms with van der Waals surface area (Å²) >= 11 is 0. The number of carbonyl (C=O) groups is 1. The fourth-order valence-corrected chi connectivity index (χ4v) is 2.63. The molecule has 1 unspecified atom stereocenters. The molecule has 126 valence electrons. The molecule has 24 heavy (non-hydrogen) atoms. The van der Waals surface area contributed by atoms with Gasteiger partial charge in [0.25, 0.3) is 0 Å². The largest absolute Gasteiger partial charge is 0.310 e. The minimum Gasteiger partial charge on any atom is -0.310 e. The van der Waals surface area contributed by atoms with Crippen LogP contribution in [0.25, 0.3) is 5.69 Å². The number of nitriles is 1. The van der Waals surface area contributed by atoms with Gasteiger partial charge in [0.1, 0.15) is 6.33 Å². The van der Waals surface area contributed by atoms with E-state index in [1.807, 2.05) is 55.7 Å². The SMILES string of the molecule is CC.CC1(C(=O)Nc2cn(-c3ccccc3)cn2)CCN(C#N)C1. The van der Waals surface area contributed by atoms with Crippen LogP contribution >= 0.6 is 0 Å². The molecule has 3 rings (SSSR count). The first-order valence-electron chi connectivity index (χ1n) is 8.16. The maximum absolute atomic E-state index is 12.4. The average molecular weight is 325 g/mol. The highest BCUT2D eigenvalue weighted by Gasteiger charge is 2.40. The van der Waals surface area contributed by atoms with Gasteiger partial charge >= 0.3 is 0 Å². The third kappa shape index (κ3) is 3.74. The number of nitrogens with zero attached hydrogens (tertiary/aromatic N) is 4. The van der Waals surface area contributed by atoms with Crippen molar-refractivity contribution < 1.29 is 4.79 Å². The fourth-order valence-electron chi connectivity index (χ4n) is 2.63. The molecule has 1 aliphatic rings. The van der Waals surface area contributed by atoms with Gasteiger partial charge in [-0.1, -0.05) is 32.0 Å². The van der Waals surface area contributed by atoms with E-state index < -0.39 is 5.41 Å². The quantitative estimate of drug-likeness (QED) is 0.880. The normalized spacial score (nSPS) is 19.2. The van der Waals surface area contributed by atoms with Crippen LogP contribution in [0, 0.1) is 16.9 Å². The Bertz CT molecular complexity index is 719. The second kappa shape index (κ2) is 7.64. The van der Waals surface area contributed by atoms with Crippen molar-refractivity contribution in [1.82, 2.24) is 14.5 Å². The van der Waals surface area contributed by atoms with E-state index in [2.05, 4.69) is 16.5 Å². The maximum Gasteiger partial charge on any atom is 0.233 e. The molecule has 2 heterocycles. The van der Waals surface area contributed by atoms with Gasteiger partial charge in [0.15, 0.2) is 12.0 Å². The van der Waals surface area contributed by atoms with Crippen LogP contribution in [0.3, 0.4) is 0 Å². The predicted octanol–water partition coefficient (Wildman–Crippen LogP) is 3.03. The van der Waals surface area contributed by atoms with Gasteiger partial charge < -0.3 is 14.8 Å². The van der Waals surface area contributed by atoms with Crippen molar-refractivity contribution in [1.29, 1.82) is 5.26 Å². The lowest BCUT2D eigenvalue weighted by atomic mass is 9.89. The van der Waals surface area contributed by atoms with Crippen molar-refractivity contribution in [2.24, 2.45) is 5.41 Å². The highest BCUT2D eigenvalue weighted by Crippen LogP contribution is 2.30. The second-order valence-corrected chi connectivity index (χ2v) is 5.79. The Morgan fingerprint density at radius 2 is 2.04 bits per heavy atom. The van der Waals surface area contributed by atoms with Crippen LogP contribution in [0.1, 0.15) is 27.2 Å². The summed E-state index contributed by atoms with van der Waals surface area (Å²) in [5, 5.41) is 11.8. The highest BCUT2D eigenvalue weighted by molar-refractivity contribution is 5.94. The standard InChI is InChI=1S/C16H17N5O.C2H6/c1-16(7-8-20(10-16)11-17)15(22)19-14-9-21(12-18-14)13-5-3-2-4-6-13;1-2/h2-6,9,12H,7-8,10H2,1H3,(H,19,22);1-2H3. The Hall–Kier alpha value is -2.81. The summed E-state index contributed by atoms with van der Waals surface area (Å²) in [7, 11) is 0. The van der Waals surface area contributed by atoms with Crippen LogP contribution in [0.4, 0.5) is 5.82 Å². The molecule has 1 amide bonds. The summed E-state index contributed by atoms with van der Waals surface area (Å²) in [5.74, 6) is 0.425. The number of likely N-dealkylation sites (tertiary alicyclic amines) is 1. The molecular formula is C18H23N5O. The van der Waals surface area contributed by atoms with Crippen molar-refractivity contribution in [2.45, 2.75) is 27.2 Å². The molecule has 1 saturated heterocycles. The molecule has 0 saturated carbocycles. The number of imidazole rings is 1. The minimum atomic E-state index is -0.549. The van der Waals surface area contributed by atoms with Gasteiger partial charge in [0.05, 0.1) is 11.6 Å². The van der Waals surface area contributed by atoms with E-state index in [1.54, 1.807) is 17.4 Å². The lowest BCUT2D eigenvalue weighted by Crippen LogP contribution is -2.35. The Labute approximate surface area is 142 Å². The maximum atomic E-state index is 12.4. The molecule has 1 N–H and O–H groups in total. The van der Waals surface area contributed by atoms with E-state index in [-0.39, 0.29) is 5.91 Å². The van der Waals surface area contributed by atoms with Crippen molar-refractivity contribution in [3.63, 3.8) is 0 Å². The number of aromatic nitrogens is 2. The minimum absolute atomic E-state index is 0.0939. The molecule has 0 aliphatic carbocycles. The van der Waals surface area contributed by atoms with Crippen LogP contribution in [0.2, 0.25) is 0 Å². The van der Waals surface area contributed by atoms with Gasteiger partial charge in [-0.05, 0) is 25.5 Å². The Morgan fingerprint density at radius 3 is 2.67 bits per heavy atom. The average Bonchev–Trinajstić information content (AvgIpc) is 3.25. The van der Waals surface area contributed by atoms with E-state index in [0.717, 1.165) is 5.69 Å². The zero-order valence-corrected chi connectivity index (χ0v) is 14.4. The number of nitrogens with one attached hydrogen (secondary N) is 1. The molecule has 0 radical (unpaired) electrons. The molecule has 1 atom stereocenters. The third-order valence-electron chi connectivity index (χ3n) is 4.04. The molecule has 6 nitrogen and oxygen atoms in total. The first-order chi connectivity index (χ1) is 11.6. The summed E-state index contributed by atoms with van der Waals surface area (Å²) in [5.41, 5.74) is 0.435. The number of rotatable bonds is 3. The number of anilines is 1. The lowest BCUT2D eigenvalue weighted by molar-refractivity contribution is -0.124. The van der Waals surface area contributed by atoms with Gasteiger partial charge in [0, 0.05) is 18.8 Å². The Balaban J connectivity index is 0.00000100. The van der Waals surface area contributed by atoms with Gasteiger partial charge in [-0.15, -0.1) is 0 Å². The summed E-state index contributed by atoms with van der Waals surface area (Å²) in [6, 6.07) is 9.78. The predicted molar refractivity (Wildman–Crippen MR) is 93.5 cm³/mol. The number of para-hydroxylation sites is 1. The van der Waals surface area contributed by atoms with Crippen LogP contribution in [0.15, 0.2) is 42.9 Å². The van der Waals surface area contributed by atoms with Crippen LogP contribution < -0.4 is 5.32 Å². The Kier molecular flexibility index (Phi) is 5.59. The number of benzene rings is 1. The molecule has 0 bridgehead atoms. The van der Waals surface area contributed by atoms with Crippen molar-refractivity contribution in [3.05, 3.63) is 42.9 Å². The molecule has 1 aromatic carbocycles. The highest BCUT2D eigenvalue weighted by atomic mass is 16.2. The number of carbonyl (C=O) groups excluding carboxylic acids is 1. The summed E-state index contributed by atoms with van der Waals surface area (Å²) in [6.07, 6.45) is 6.22. The topological polar surface area (TPSA) is 74.0 Å². The number of hydrogen-bond donors (Lipinski definition) is 1. The molecule has 6 heteroatoms. The van der Waals surface area contributed by atoms with Crippen LogP contribution in [0.5, 0.6) is 0 Å². The summed E-state index contributed by atoms with van der Waals surface area (Å²) in [4.78, 5) is 18.3. The van der Waals surface area contributed by atoms with E-state index >= 15 is 0 Å². The number of amides is 1. The zero-order chi connectivity index (χ0) is 17.6. The molecular weight excluding hydrogens is 302 g/mol. The second-order valence-electron chi connectivity index (χ2n) is 5.79. The van der Waals surface area contributed by atoms with E-state index in [1.165, 1.54) is 0 Å². The van der Waals surface area contributed by atoms with Crippen molar-refractivity contribution in [3.8, 4) is 11.9 Å². The molecule has 2 aromatic rings. The molecule has 1 aromatic heterocycles. The fraction of sp³-hybridized carbons (Fsp3) is 0.389. The molecule has 1 aliphatic heterocycles. The Morgan fingerprint density at radius 1 is 1.33 bits per heavy atom.